The first kappa shape index (κ1) is 19.1. The van der Waals surface area contributed by atoms with Crippen molar-refractivity contribution in [2.45, 2.75) is 44.0 Å². The van der Waals surface area contributed by atoms with E-state index >= 15 is 0 Å². The van der Waals surface area contributed by atoms with Gasteiger partial charge in [-0.05, 0) is 36.1 Å². The number of carboxylic acid groups (broad SMARTS) is 1. The minimum atomic E-state index is -0.881. The number of ether oxygens (including phenoxy) is 1. The zero-order chi connectivity index (χ0) is 19.6. The topological polar surface area (TPSA) is 61.8 Å². The maximum absolute atomic E-state index is 11.0. The van der Waals surface area contributed by atoms with Crippen LogP contribution in [0.2, 0.25) is 0 Å². The van der Waals surface area contributed by atoms with Crippen molar-refractivity contribution in [2.24, 2.45) is 0 Å². The maximum atomic E-state index is 11.0. The van der Waals surface area contributed by atoms with Crippen molar-refractivity contribution < 1.29 is 14.6 Å². The summed E-state index contributed by atoms with van der Waals surface area (Å²) in [5.41, 5.74) is 2.79. The van der Waals surface area contributed by atoms with E-state index in [2.05, 4.69) is 47.5 Å². The van der Waals surface area contributed by atoms with Gasteiger partial charge in [0, 0.05) is 31.7 Å². The summed E-state index contributed by atoms with van der Waals surface area (Å²) in [6.45, 7) is 5.70. The van der Waals surface area contributed by atoms with E-state index in [0.717, 1.165) is 44.6 Å². The Labute approximate surface area is 166 Å². The Kier molecular flexibility index (Phi) is 5.49. The highest BCUT2D eigenvalue weighted by atomic mass is 16.5. The lowest BCUT2D eigenvalue weighted by molar-refractivity contribution is -0.114. The number of aromatic carboxylic acids is 1. The molecule has 0 radical (unpaired) electrons. The quantitative estimate of drug-likeness (QED) is 0.770. The van der Waals surface area contributed by atoms with E-state index in [0.29, 0.717) is 17.6 Å². The average molecular weight is 380 g/mol. The number of hydrogen-bond donors (Lipinski definition) is 2. The normalized spacial score (nSPS) is 22.1. The molecule has 5 heteroatoms. The molecule has 1 spiro atoms. The van der Waals surface area contributed by atoms with Crippen LogP contribution in [0.5, 0.6) is 0 Å². The summed E-state index contributed by atoms with van der Waals surface area (Å²) in [5.74, 6) is -0.881. The van der Waals surface area contributed by atoms with Gasteiger partial charge in [0.2, 0.25) is 0 Å². The van der Waals surface area contributed by atoms with Gasteiger partial charge in [0.05, 0.1) is 17.8 Å². The van der Waals surface area contributed by atoms with Gasteiger partial charge >= 0.3 is 5.97 Å². The Morgan fingerprint density at radius 1 is 1.21 bits per heavy atom. The molecule has 2 fully saturated rings. The highest BCUT2D eigenvalue weighted by molar-refractivity contribution is 5.87. The van der Waals surface area contributed by atoms with E-state index in [-0.39, 0.29) is 5.60 Å². The van der Waals surface area contributed by atoms with E-state index in [1.807, 2.05) is 12.1 Å². The minimum absolute atomic E-state index is 0.0202. The van der Waals surface area contributed by atoms with E-state index < -0.39 is 5.97 Å². The fourth-order valence-corrected chi connectivity index (χ4v) is 4.48. The number of benzene rings is 2. The second-order valence-electron chi connectivity index (χ2n) is 8.08. The molecule has 0 aromatic heterocycles. The third-order valence-corrected chi connectivity index (χ3v) is 5.89. The van der Waals surface area contributed by atoms with Crippen molar-refractivity contribution in [3.05, 3.63) is 71.3 Å². The molecule has 0 amide bonds. The molecule has 0 aliphatic carbocycles. The molecule has 2 aliphatic heterocycles. The Balaban J connectivity index is 1.27. The van der Waals surface area contributed by atoms with Crippen LogP contribution in [0.3, 0.4) is 0 Å². The van der Waals surface area contributed by atoms with Crippen LogP contribution in [-0.2, 0) is 11.3 Å². The van der Waals surface area contributed by atoms with Crippen molar-refractivity contribution in [1.82, 2.24) is 10.2 Å². The molecule has 148 valence electrons. The lowest BCUT2D eigenvalue weighted by atomic mass is 9.88. The lowest BCUT2D eigenvalue weighted by Gasteiger charge is -2.47. The number of likely N-dealkylation sites (tertiary alicyclic amines) is 1. The Bertz CT molecular complexity index is 800. The van der Waals surface area contributed by atoms with Gasteiger partial charge in [-0.25, -0.2) is 4.79 Å². The predicted molar refractivity (Wildman–Crippen MR) is 108 cm³/mol. The van der Waals surface area contributed by atoms with Crippen LogP contribution in [0.4, 0.5) is 0 Å². The van der Waals surface area contributed by atoms with Gasteiger partial charge in [-0.2, -0.15) is 0 Å². The van der Waals surface area contributed by atoms with Gasteiger partial charge < -0.3 is 15.2 Å². The number of carboxylic acids is 1. The molecule has 2 aromatic carbocycles. The van der Waals surface area contributed by atoms with Crippen LogP contribution in [-0.4, -0.2) is 47.3 Å². The van der Waals surface area contributed by atoms with E-state index in [1.165, 1.54) is 5.56 Å². The average Bonchev–Trinajstić information content (AvgIpc) is 3.11. The van der Waals surface area contributed by atoms with Crippen LogP contribution in [0, 0.1) is 0 Å². The molecule has 2 aromatic rings. The van der Waals surface area contributed by atoms with Crippen molar-refractivity contribution in [2.75, 3.05) is 19.7 Å². The summed E-state index contributed by atoms with van der Waals surface area (Å²) in [5, 5.41) is 12.8. The van der Waals surface area contributed by atoms with Gasteiger partial charge in [0.15, 0.2) is 0 Å². The molecular formula is C23H28N2O3. The summed E-state index contributed by atoms with van der Waals surface area (Å²) < 4.78 is 6.21. The molecule has 2 atom stereocenters. The Morgan fingerprint density at radius 3 is 2.57 bits per heavy atom. The van der Waals surface area contributed by atoms with E-state index in [9.17, 15) is 4.79 Å². The van der Waals surface area contributed by atoms with Gasteiger partial charge in [0.25, 0.3) is 0 Å². The highest BCUT2D eigenvalue weighted by Gasteiger charge is 2.49. The molecule has 28 heavy (non-hydrogen) atoms. The zero-order valence-electron chi connectivity index (χ0n) is 16.3. The molecule has 2 N–H and O–H groups in total. The molecule has 2 aliphatic rings. The zero-order valence-corrected chi connectivity index (χ0v) is 16.3. The fraction of sp³-hybridized carbons (Fsp3) is 0.435. The first-order valence-electron chi connectivity index (χ1n) is 10.1. The van der Waals surface area contributed by atoms with Crippen LogP contribution >= 0.6 is 0 Å². The largest absolute Gasteiger partial charge is 0.478 e. The first-order chi connectivity index (χ1) is 13.6. The van der Waals surface area contributed by atoms with Gasteiger partial charge in [-0.1, -0.05) is 49.4 Å². The van der Waals surface area contributed by atoms with Crippen molar-refractivity contribution in [3.63, 3.8) is 0 Å². The SMILES string of the molecule is CC[C@H](NC1COC2(C1)CN(Cc1ccc(C(=O)O)cc1)C2)c1ccccc1. The van der Waals surface area contributed by atoms with Crippen LogP contribution in [0.15, 0.2) is 54.6 Å². The molecule has 4 rings (SSSR count). The maximum Gasteiger partial charge on any atom is 0.335 e. The van der Waals surface area contributed by atoms with Crippen molar-refractivity contribution >= 4 is 5.97 Å². The second kappa shape index (κ2) is 8.03. The smallest absolute Gasteiger partial charge is 0.335 e. The third-order valence-electron chi connectivity index (χ3n) is 5.89. The van der Waals surface area contributed by atoms with Gasteiger partial charge in [0.1, 0.15) is 0 Å². The standard InChI is InChI=1S/C23H28N2O3/c1-2-21(18-6-4-3-5-7-18)24-20-12-23(28-14-20)15-25(16-23)13-17-8-10-19(11-9-17)22(26)27/h3-11,20-21,24H,2,12-16H2,1H3,(H,26,27)/t20?,21-/m0/s1. The summed E-state index contributed by atoms with van der Waals surface area (Å²) in [4.78, 5) is 13.3. The predicted octanol–water partition coefficient (Wildman–Crippen LogP) is 3.47. The molecule has 1 unspecified atom stereocenters. The summed E-state index contributed by atoms with van der Waals surface area (Å²) in [7, 11) is 0. The summed E-state index contributed by atoms with van der Waals surface area (Å²) >= 11 is 0. The van der Waals surface area contributed by atoms with Crippen molar-refractivity contribution in [3.8, 4) is 0 Å². The molecule has 0 saturated carbocycles. The number of carbonyl (C=O) groups is 1. The Hall–Kier alpha value is -2.21. The molecular weight excluding hydrogens is 352 g/mol. The second-order valence-corrected chi connectivity index (χ2v) is 8.08. The molecule has 2 saturated heterocycles. The summed E-state index contributed by atoms with van der Waals surface area (Å²) in [6, 6.07) is 18.5. The fourth-order valence-electron chi connectivity index (χ4n) is 4.48. The van der Waals surface area contributed by atoms with Gasteiger partial charge in [-0.15, -0.1) is 0 Å². The summed E-state index contributed by atoms with van der Waals surface area (Å²) in [6.07, 6.45) is 2.11. The third kappa shape index (κ3) is 4.12. The number of rotatable bonds is 7. The number of nitrogens with one attached hydrogen (secondary N) is 1. The molecule has 0 bridgehead atoms. The first-order valence-corrected chi connectivity index (χ1v) is 10.1. The number of hydrogen-bond acceptors (Lipinski definition) is 4. The van der Waals surface area contributed by atoms with Crippen LogP contribution < -0.4 is 5.32 Å². The minimum Gasteiger partial charge on any atom is -0.478 e. The Morgan fingerprint density at radius 2 is 1.93 bits per heavy atom. The van der Waals surface area contributed by atoms with E-state index in [4.69, 9.17) is 9.84 Å². The van der Waals surface area contributed by atoms with E-state index in [1.54, 1.807) is 12.1 Å². The van der Waals surface area contributed by atoms with Crippen LogP contribution in [0.1, 0.15) is 47.3 Å². The monoisotopic (exact) mass is 380 g/mol. The van der Waals surface area contributed by atoms with Crippen LogP contribution in [0.25, 0.3) is 0 Å². The molecule has 2 heterocycles. The van der Waals surface area contributed by atoms with Gasteiger partial charge in [-0.3, -0.25) is 4.90 Å². The number of nitrogens with zero attached hydrogens (tertiary/aromatic N) is 1. The lowest BCUT2D eigenvalue weighted by Crippen LogP contribution is -2.61. The molecule has 5 nitrogen and oxygen atoms in total. The van der Waals surface area contributed by atoms with Crippen molar-refractivity contribution in [1.29, 1.82) is 0 Å². The highest BCUT2D eigenvalue weighted by Crippen LogP contribution is 2.36.